The number of benzene rings is 1. The van der Waals surface area contributed by atoms with Crippen LogP contribution in [0.25, 0.3) is 0 Å². The predicted molar refractivity (Wildman–Crippen MR) is 96.9 cm³/mol. The van der Waals surface area contributed by atoms with Crippen LogP contribution in [0.4, 0.5) is 0 Å². The maximum absolute atomic E-state index is 12.3. The van der Waals surface area contributed by atoms with Crippen LogP contribution in [0.2, 0.25) is 0 Å². The number of morpholine rings is 1. The average Bonchev–Trinajstić information content (AvgIpc) is 2.63. The third-order valence-corrected chi connectivity index (χ3v) is 4.47. The summed E-state index contributed by atoms with van der Waals surface area (Å²) < 4.78 is 5.79. The van der Waals surface area contributed by atoms with E-state index in [4.69, 9.17) is 4.74 Å². The SMILES string of the molecule is C[C@H](NC(=O)C[C@@H]1CN(Cc2ccccc2)CCO1)c1ccncc1. The molecule has 0 aliphatic carbocycles. The van der Waals surface area contributed by atoms with Crippen LogP contribution in [0, 0.1) is 0 Å². The van der Waals surface area contributed by atoms with Crippen LogP contribution in [-0.2, 0) is 16.1 Å². The van der Waals surface area contributed by atoms with E-state index in [0.29, 0.717) is 13.0 Å². The molecule has 0 spiro atoms. The number of hydrogen-bond acceptors (Lipinski definition) is 4. The smallest absolute Gasteiger partial charge is 0.223 e. The molecule has 2 atom stereocenters. The fourth-order valence-corrected chi connectivity index (χ4v) is 3.13. The Balaban J connectivity index is 1.48. The van der Waals surface area contributed by atoms with E-state index in [1.165, 1.54) is 5.56 Å². The molecular weight excluding hydrogens is 314 g/mol. The second-order valence-corrected chi connectivity index (χ2v) is 6.49. The van der Waals surface area contributed by atoms with Crippen LogP contribution in [0.5, 0.6) is 0 Å². The van der Waals surface area contributed by atoms with Crippen molar-refractivity contribution in [2.24, 2.45) is 0 Å². The van der Waals surface area contributed by atoms with Crippen molar-refractivity contribution in [2.75, 3.05) is 19.7 Å². The number of amides is 1. The van der Waals surface area contributed by atoms with Gasteiger partial charge in [0.2, 0.25) is 5.91 Å². The summed E-state index contributed by atoms with van der Waals surface area (Å²) in [7, 11) is 0. The Morgan fingerprint density at radius 3 is 2.80 bits per heavy atom. The van der Waals surface area contributed by atoms with E-state index in [1.807, 2.05) is 25.1 Å². The highest BCUT2D eigenvalue weighted by atomic mass is 16.5. The lowest BCUT2D eigenvalue weighted by atomic mass is 10.1. The monoisotopic (exact) mass is 339 g/mol. The molecule has 1 aromatic heterocycles. The summed E-state index contributed by atoms with van der Waals surface area (Å²) in [6, 6.07) is 14.2. The first kappa shape index (κ1) is 17.6. The molecule has 0 bridgehead atoms. The lowest BCUT2D eigenvalue weighted by molar-refractivity contribution is -0.126. The molecule has 0 radical (unpaired) electrons. The number of carbonyl (C=O) groups is 1. The number of rotatable bonds is 6. The molecule has 0 unspecified atom stereocenters. The van der Waals surface area contributed by atoms with Gasteiger partial charge in [-0.05, 0) is 30.2 Å². The van der Waals surface area contributed by atoms with Crippen LogP contribution < -0.4 is 5.32 Å². The van der Waals surface area contributed by atoms with E-state index in [-0.39, 0.29) is 18.1 Å². The number of ether oxygens (including phenoxy) is 1. The van der Waals surface area contributed by atoms with Gasteiger partial charge < -0.3 is 10.1 Å². The van der Waals surface area contributed by atoms with E-state index < -0.39 is 0 Å². The van der Waals surface area contributed by atoms with Gasteiger partial charge in [-0.3, -0.25) is 14.7 Å². The van der Waals surface area contributed by atoms with Crippen LogP contribution in [0.15, 0.2) is 54.9 Å². The molecule has 3 rings (SSSR count). The number of carbonyl (C=O) groups excluding carboxylic acids is 1. The van der Waals surface area contributed by atoms with Gasteiger partial charge in [0, 0.05) is 32.0 Å². The molecule has 5 heteroatoms. The summed E-state index contributed by atoms with van der Waals surface area (Å²) in [5, 5.41) is 3.04. The highest BCUT2D eigenvalue weighted by molar-refractivity contribution is 5.77. The molecule has 1 aliphatic rings. The minimum absolute atomic E-state index is 0.0240. The molecule has 2 heterocycles. The standard InChI is InChI=1S/C20H25N3O2/c1-16(18-7-9-21-10-8-18)22-20(24)13-19-15-23(11-12-25-19)14-17-5-3-2-4-6-17/h2-10,16,19H,11-15H2,1H3,(H,22,24)/t16-,19+/m0/s1. The van der Waals surface area contributed by atoms with Crippen LogP contribution in [0.1, 0.15) is 30.5 Å². The normalized spacial score (nSPS) is 19.3. The Morgan fingerprint density at radius 1 is 1.28 bits per heavy atom. The van der Waals surface area contributed by atoms with Gasteiger partial charge in [0.1, 0.15) is 0 Å². The quantitative estimate of drug-likeness (QED) is 0.879. The zero-order chi connectivity index (χ0) is 17.5. The molecular formula is C20H25N3O2. The lowest BCUT2D eigenvalue weighted by Crippen LogP contribution is -2.44. The number of pyridine rings is 1. The predicted octanol–water partition coefficient (Wildman–Crippen LogP) is 2.55. The number of hydrogen-bond donors (Lipinski definition) is 1. The lowest BCUT2D eigenvalue weighted by Gasteiger charge is -2.33. The van der Waals surface area contributed by atoms with Crippen LogP contribution >= 0.6 is 0 Å². The fraction of sp³-hybridized carbons (Fsp3) is 0.400. The molecule has 132 valence electrons. The molecule has 5 nitrogen and oxygen atoms in total. The summed E-state index contributed by atoms with van der Waals surface area (Å²) in [6.45, 7) is 5.24. The van der Waals surface area contributed by atoms with Crippen molar-refractivity contribution < 1.29 is 9.53 Å². The molecule has 1 N–H and O–H groups in total. The van der Waals surface area contributed by atoms with Gasteiger partial charge in [-0.15, -0.1) is 0 Å². The summed E-state index contributed by atoms with van der Waals surface area (Å²) in [4.78, 5) is 18.7. The van der Waals surface area contributed by atoms with Gasteiger partial charge in [0.25, 0.3) is 0 Å². The van der Waals surface area contributed by atoms with E-state index in [0.717, 1.165) is 25.2 Å². The van der Waals surface area contributed by atoms with Gasteiger partial charge in [0.05, 0.1) is 25.2 Å². The van der Waals surface area contributed by atoms with Crippen LogP contribution in [0.3, 0.4) is 0 Å². The third kappa shape index (κ3) is 5.37. The van der Waals surface area contributed by atoms with E-state index in [9.17, 15) is 4.79 Å². The molecule has 0 saturated carbocycles. The van der Waals surface area contributed by atoms with E-state index in [2.05, 4.69) is 39.5 Å². The van der Waals surface area contributed by atoms with Crippen molar-refractivity contribution in [1.29, 1.82) is 0 Å². The fourth-order valence-electron chi connectivity index (χ4n) is 3.13. The number of nitrogens with one attached hydrogen (secondary N) is 1. The summed E-state index contributed by atoms with van der Waals surface area (Å²) in [5.41, 5.74) is 2.34. The Labute approximate surface area is 149 Å². The summed E-state index contributed by atoms with van der Waals surface area (Å²) >= 11 is 0. The van der Waals surface area contributed by atoms with Gasteiger partial charge in [0.15, 0.2) is 0 Å². The van der Waals surface area contributed by atoms with Crippen molar-refractivity contribution in [3.63, 3.8) is 0 Å². The van der Waals surface area contributed by atoms with Crippen molar-refractivity contribution in [1.82, 2.24) is 15.2 Å². The van der Waals surface area contributed by atoms with Gasteiger partial charge >= 0.3 is 0 Å². The second-order valence-electron chi connectivity index (χ2n) is 6.49. The molecule has 2 aromatic rings. The minimum atomic E-state index is -0.0536. The Hall–Kier alpha value is -2.24. The number of aromatic nitrogens is 1. The molecule has 25 heavy (non-hydrogen) atoms. The van der Waals surface area contributed by atoms with Crippen LogP contribution in [-0.4, -0.2) is 41.6 Å². The topological polar surface area (TPSA) is 54.5 Å². The van der Waals surface area contributed by atoms with Gasteiger partial charge in [-0.2, -0.15) is 0 Å². The summed E-state index contributed by atoms with van der Waals surface area (Å²) in [6.07, 6.45) is 3.82. The molecule has 1 aliphatic heterocycles. The molecule has 1 saturated heterocycles. The highest BCUT2D eigenvalue weighted by Gasteiger charge is 2.23. The van der Waals surface area contributed by atoms with Gasteiger partial charge in [-0.1, -0.05) is 30.3 Å². The first-order valence-corrected chi connectivity index (χ1v) is 8.78. The average molecular weight is 339 g/mol. The third-order valence-electron chi connectivity index (χ3n) is 4.47. The Bertz CT molecular complexity index is 663. The molecule has 1 aromatic carbocycles. The first-order valence-electron chi connectivity index (χ1n) is 8.78. The van der Waals surface area contributed by atoms with Crippen molar-refractivity contribution in [3.05, 3.63) is 66.0 Å². The maximum atomic E-state index is 12.3. The molecule has 1 fully saturated rings. The summed E-state index contributed by atoms with van der Waals surface area (Å²) in [5.74, 6) is 0.0240. The van der Waals surface area contributed by atoms with E-state index >= 15 is 0 Å². The largest absolute Gasteiger partial charge is 0.375 e. The van der Waals surface area contributed by atoms with E-state index in [1.54, 1.807) is 12.4 Å². The molecule has 1 amide bonds. The van der Waals surface area contributed by atoms with Crippen molar-refractivity contribution >= 4 is 5.91 Å². The second kappa shape index (κ2) is 8.74. The van der Waals surface area contributed by atoms with Gasteiger partial charge in [-0.25, -0.2) is 0 Å². The Morgan fingerprint density at radius 2 is 2.04 bits per heavy atom. The van der Waals surface area contributed by atoms with Crippen molar-refractivity contribution in [2.45, 2.75) is 32.0 Å². The zero-order valence-corrected chi connectivity index (χ0v) is 14.6. The highest BCUT2D eigenvalue weighted by Crippen LogP contribution is 2.14. The first-order chi connectivity index (χ1) is 12.2. The Kier molecular flexibility index (Phi) is 6.14. The zero-order valence-electron chi connectivity index (χ0n) is 14.6. The van der Waals surface area contributed by atoms with Crippen molar-refractivity contribution in [3.8, 4) is 0 Å². The minimum Gasteiger partial charge on any atom is -0.375 e. The maximum Gasteiger partial charge on any atom is 0.223 e. The number of nitrogens with zero attached hydrogens (tertiary/aromatic N) is 2.